The number of amides is 3. The first-order chi connectivity index (χ1) is 17.0. The van der Waals surface area contributed by atoms with Crippen LogP contribution in [0.25, 0.3) is 0 Å². The minimum absolute atomic E-state index is 0.0111. The van der Waals surface area contributed by atoms with Gasteiger partial charge in [-0.1, -0.05) is 12.1 Å². The van der Waals surface area contributed by atoms with Crippen LogP contribution in [0.15, 0.2) is 24.3 Å². The molecular formula is C25H39FN4O5. The molecule has 1 aromatic rings. The van der Waals surface area contributed by atoms with Crippen molar-refractivity contribution in [3.63, 3.8) is 0 Å². The molecule has 4 atom stereocenters. The average Bonchev–Trinajstić information content (AvgIpc) is 2.84. The Morgan fingerprint density at radius 1 is 1.31 bits per heavy atom. The second-order valence-corrected chi connectivity index (χ2v) is 9.45. The third-order valence-corrected chi connectivity index (χ3v) is 6.68. The van der Waals surface area contributed by atoms with Crippen molar-refractivity contribution in [2.75, 3.05) is 53.0 Å². The maximum absolute atomic E-state index is 14.0. The second-order valence-electron chi connectivity index (χ2n) is 9.45. The van der Waals surface area contributed by atoms with Crippen molar-refractivity contribution in [2.24, 2.45) is 11.8 Å². The molecule has 4 N–H and O–H groups in total. The number of likely N-dealkylation sites (N-methyl/N-ethyl adjacent to an activating group) is 1. The highest BCUT2D eigenvalue weighted by Gasteiger charge is 2.32. The molecule has 2 fully saturated rings. The highest BCUT2D eigenvalue weighted by Crippen LogP contribution is 2.33. The minimum Gasteiger partial charge on any atom is -0.465 e. The van der Waals surface area contributed by atoms with E-state index in [0.717, 1.165) is 45.3 Å². The molecule has 0 unspecified atom stereocenters. The van der Waals surface area contributed by atoms with Crippen LogP contribution >= 0.6 is 0 Å². The number of piperidine rings is 1. The summed E-state index contributed by atoms with van der Waals surface area (Å²) in [5, 5.41) is 17.5. The van der Waals surface area contributed by atoms with E-state index < -0.39 is 12.2 Å². The average molecular weight is 495 g/mol. The summed E-state index contributed by atoms with van der Waals surface area (Å²) < 4.78 is 25.6. The van der Waals surface area contributed by atoms with Crippen LogP contribution in [0.3, 0.4) is 0 Å². The van der Waals surface area contributed by atoms with Gasteiger partial charge in [0.2, 0.25) is 0 Å². The maximum atomic E-state index is 14.0. The SMILES string of the molecule is CNC[C@H](C[C@H]1CCCOC1)NC(=O)N1CCC[C@@H]([C@@H](OCCNC(=O)O)c2cccc(F)c2)C1. The van der Waals surface area contributed by atoms with E-state index in [-0.39, 0.29) is 37.0 Å². The number of carbonyl (C=O) groups excluding carboxylic acids is 1. The highest BCUT2D eigenvalue weighted by atomic mass is 19.1. The number of carboxylic acid groups (broad SMARTS) is 1. The van der Waals surface area contributed by atoms with Crippen molar-refractivity contribution in [1.82, 2.24) is 20.9 Å². The molecule has 196 valence electrons. The van der Waals surface area contributed by atoms with Crippen molar-refractivity contribution in [3.8, 4) is 0 Å². The number of benzene rings is 1. The lowest BCUT2D eigenvalue weighted by atomic mass is 9.88. The van der Waals surface area contributed by atoms with E-state index in [9.17, 15) is 14.0 Å². The second kappa shape index (κ2) is 14.2. The standard InChI is InChI=1S/C25H39FN4O5/c1-27-15-22(13-18-5-4-11-34-17-18)29-24(31)30-10-3-7-20(16-30)23(35-12-9-28-25(32)33)19-6-2-8-21(26)14-19/h2,6,8,14,18,20,22-23,27-28H,3-5,7,9-13,15-17H2,1H3,(H,29,31)(H,32,33)/t18-,20-,22+,23+/m1/s1. The summed E-state index contributed by atoms with van der Waals surface area (Å²) in [5.74, 6) is 0.0593. The van der Waals surface area contributed by atoms with Crippen LogP contribution in [-0.4, -0.2) is 81.2 Å². The Kier molecular flexibility index (Phi) is 11.0. The van der Waals surface area contributed by atoms with E-state index >= 15 is 0 Å². The molecule has 2 aliphatic rings. The molecule has 3 amide bonds. The number of likely N-dealkylation sites (tertiary alicyclic amines) is 1. The fourth-order valence-corrected chi connectivity index (χ4v) is 5.07. The number of nitrogens with one attached hydrogen (secondary N) is 3. The van der Waals surface area contributed by atoms with Crippen LogP contribution in [0.4, 0.5) is 14.0 Å². The number of nitrogens with zero attached hydrogens (tertiary/aromatic N) is 1. The Morgan fingerprint density at radius 2 is 2.17 bits per heavy atom. The molecule has 2 aliphatic heterocycles. The van der Waals surface area contributed by atoms with Gasteiger partial charge in [0, 0.05) is 51.4 Å². The summed E-state index contributed by atoms with van der Waals surface area (Å²) in [6.45, 7) is 3.67. The fourth-order valence-electron chi connectivity index (χ4n) is 5.07. The largest absolute Gasteiger partial charge is 0.465 e. The zero-order valence-electron chi connectivity index (χ0n) is 20.5. The quantitative estimate of drug-likeness (QED) is 0.352. The molecule has 3 rings (SSSR count). The van der Waals surface area contributed by atoms with Gasteiger partial charge in [-0.2, -0.15) is 0 Å². The van der Waals surface area contributed by atoms with E-state index in [1.54, 1.807) is 6.07 Å². The van der Waals surface area contributed by atoms with Gasteiger partial charge in [0.05, 0.1) is 12.7 Å². The molecule has 0 saturated carbocycles. The number of halogens is 1. The van der Waals surface area contributed by atoms with E-state index in [1.165, 1.54) is 12.1 Å². The Labute approximate surface area is 206 Å². The third kappa shape index (κ3) is 8.94. The van der Waals surface area contributed by atoms with Gasteiger partial charge in [0.1, 0.15) is 5.82 Å². The molecule has 10 heteroatoms. The normalized spacial score (nSPS) is 22.3. The first-order valence-corrected chi connectivity index (χ1v) is 12.6. The zero-order valence-corrected chi connectivity index (χ0v) is 20.5. The lowest BCUT2D eigenvalue weighted by molar-refractivity contribution is -0.00875. The molecule has 9 nitrogen and oxygen atoms in total. The van der Waals surface area contributed by atoms with E-state index in [4.69, 9.17) is 14.6 Å². The van der Waals surface area contributed by atoms with Gasteiger partial charge in [-0.25, -0.2) is 14.0 Å². The van der Waals surface area contributed by atoms with Crippen molar-refractivity contribution in [2.45, 2.75) is 44.2 Å². The van der Waals surface area contributed by atoms with Gasteiger partial charge in [-0.05, 0) is 62.8 Å². The maximum Gasteiger partial charge on any atom is 0.404 e. The smallest absolute Gasteiger partial charge is 0.404 e. The van der Waals surface area contributed by atoms with Gasteiger partial charge < -0.3 is 35.4 Å². The molecule has 0 bridgehead atoms. The number of carbonyl (C=O) groups is 2. The summed E-state index contributed by atoms with van der Waals surface area (Å²) in [5.41, 5.74) is 0.693. The third-order valence-electron chi connectivity index (χ3n) is 6.68. The first-order valence-electron chi connectivity index (χ1n) is 12.6. The summed E-state index contributed by atoms with van der Waals surface area (Å²) in [4.78, 5) is 25.8. The van der Waals surface area contributed by atoms with E-state index in [0.29, 0.717) is 31.1 Å². The lowest BCUT2D eigenvalue weighted by Crippen LogP contribution is -2.52. The Hall–Kier alpha value is -2.43. The highest BCUT2D eigenvalue weighted by molar-refractivity contribution is 5.74. The van der Waals surface area contributed by atoms with E-state index in [1.807, 2.05) is 18.0 Å². The molecule has 35 heavy (non-hydrogen) atoms. The van der Waals surface area contributed by atoms with E-state index in [2.05, 4.69) is 16.0 Å². The molecule has 0 radical (unpaired) electrons. The summed E-state index contributed by atoms with van der Waals surface area (Å²) in [6, 6.07) is 6.19. The number of hydrogen-bond donors (Lipinski definition) is 4. The van der Waals surface area contributed by atoms with Crippen LogP contribution in [-0.2, 0) is 9.47 Å². The van der Waals surface area contributed by atoms with Gasteiger partial charge in [-0.15, -0.1) is 0 Å². The van der Waals surface area contributed by atoms with Gasteiger partial charge in [0.25, 0.3) is 0 Å². The summed E-state index contributed by atoms with van der Waals surface area (Å²) in [7, 11) is 1.88. The fraction of sp³-hybridized carbons (Fsp3) is 0.680. The van der Waals surface area contributed by atoms with Crippen LogP contribution < -0.4 is 16.0 Å². The van der Waals surface area contributed by atoms with Crippen LogP contribution in [0.2, 0.25) is 0 Å². The molecular weight excluding hydrogens is 455 g/mol. The van der Waals surface area contributed by atoms with Gasteiger partial charge >= 0.3 is 12.1 Å². The van der Waals surface area contributed by atoms with Crippen LogP contribution in [0.1, 0.15) is 43.8 Å². The minimum atomic E-state index is -1.12. The summed E-state index contributed by atoms with van der Waals surface area (Å²) >= 11 is 0. The van der Waals surface area contributed by atoms with Crippen molar-refractivity contribution >= 4 is 12.1 Å². The summed E-state index contributed by atoms with van der Waals surface area (Å²) in [6.07, 6.45) is 3.13. The topological polar surface area (TPSA) is 112 Å². The molecule has 0 spiro atoms. The van der Waals surface area contributed by atoms with Gasteiger partial charge in [0.15, 0.2) is 0 Å². The lowest BCUT2D eigenvalue weighted by Gasteiger charge is -2.38. The van der Waals surface area contributed by atoms with Crippen molar-refractivity contribution in [1.29, 1.82) is 0 Å². The number of rotatable bonds is 11. The van der Waals surface area contributed by atoms with Crippen molar-refractivity contribution in [3.05, 3.63) is 35.6 Å². The Morgan fingerprint density at radius 3 is 2.89 bits per heavy atom. The molecule has 2 heterocycles. The van der Waals surface area contributed by atoms with Crippen molar-refractivity contribution < 1.29 is 28.6 Å². The molecule has 0 aliphatic carbocycles. The molecule has 1 aromatic carbocycles. The van der Waals surface area contributed by atoms with Gasteiger partial charge in [-0.3, -0.25) is 0 Å². The predicted molar refractivity (Wildman–Crippen MR) is 130 cm³/mol. The Bertz CT molecular complexity index is 808. The number of hydrogen-bond acceptors (Lipinski definition) is 5. The van der Waals surface area contributed by atoms with Crippen LogP contribution in [0.5, 0.6) is 0 Å². The molecule has 2 saturated heterocycles. The molecule has 0 aromatic heterocycles. The first kappa shape index (κ1) is 27.2. The monoisotopic (exact) mass is 494 g/mol. The Balaban J connectivity index is 1.62. The number of ether oxygens (including phenoxy) is 2. The zero-order chi connectivity index (χ0) is 25.0. The number of urea groups is 1. The predicted octanol–water partition coefficient (Wildman–Crippen LogP) is 2.98. The van der Waals surface area contributed by atoms with Crippen LogP contribution in [0, 0.1) is 17.7 Å².